The second kappa shape index (κ2) is 4.67. The van der Waals surface area contributed by atoms with Crippen LogP contribution in [0.1, 0.15) is 24.0 Å². The predicted molar refractivity (Wildman–Crippen MR) is 69.5 cm³/mol. The molecule has 1 aliphatic carbocycles. The molecule has 2 aliphatic rings. The molecule has 0 saturated heterocycles. The number of hydrogen-bond acceptors (Lipinski definition) is 2. The van der Waals surface area contributed by atoms with Gasteiger partial charge in [0.1, 0.15) is 0 Å². The van der Waals surface area contributed by atoms with Gasteiger partial charge in [0, 0.05) is 16.5 Å². The third kappa shape index (κ3) is 2.49. The third-order valence-corrected chi connectivity index (χ3v) is 3.72. The summed E-state index contributed by atoms with van der Waals surface area (Å²) in [6, 6.07) is 4.05. The summed E-state index contributed by atoms with van der Waals surface area (Å²) in [5.74, 6) is 3.75. The highest BCUT2D eigenvalue weighted by molar-refractivity contribution is 6.30. The summed E-state index contributed by atoms with van der Waals surface area (Å²) in [6.45, 7) is 0. The monoisotopic (exact) mass is 314 g/mol. The van der Waals surface area contributed by atoms with E-state index in [1.807, 2.05) is 0 Å². The van der Waals surface area contributed by atoms with Crippen molar-refractivity contribution in [1.29, 1.82) is 0 Å². The van der Waals surface area contributed by atoms with Crippen molar-refractivity contribution < 1.29 is 22.7 Å². The molecule has 0 spiro atoms. The summed E-state index contributed by atoms with van der Waals surface area (Å²) < 4.78 is 45.6. The fourth-order valence-electron chi connectivity index (χ4n) is 2.25. The van der Waals surface area contributed by atoms with Crippen LogP contribution in [0.4, 0.5) is 13.2 Å². The molecule has 6 heteroatoms. The molecule has 0 N–H and O–H groups in total. The van der Waals surface area contributed by atoms with Gasteiger partial charge in [0.2, 0.25) is 0 Å². The fraction of sp³-hybridized carbons (Fsp3) is 0.400. The number of fused-ring (bicyclic) bond motifs is 1. The Kier molecular flexibility index (Phi) is 3.18. The van der Waals surface area contributed by atoms with E-state index < -0.39 is 17.7 Å². The summed E-state index contributed by atoms with van der Waals surface area (Å²) in [7, 11) is 0. The Morgan fingerprint density at radius 3 is 2.67 bits per heavy atom. The van der Waals surface area contributed by atoms with E-state index in [-0.39, 0.29) is 28.5 Å². The van der Waals surface area contributed by atoms with E-state index in [1.165, 1.54) is 18.2 Å². The number of halogens is 4. The Labute approximate surface area is 124 Å². The van der Waals surface area contributed by atoms with Gasteiger partial charge < -0.3 is 4.74 Å². The van der Waals surface area contributed by atoms with Gasteiger partial charge in [-0.3, -0.25) is 4.79 Å². The van der Waals surface area contributed by atoms with Crippen LogP contribution in [0.25, 0.3) is 0 Å². The summed E-state index contributed by atoms with van der Waals surface area (Å²) in [5.41, 5.74) is -2.85. The first-order chi connectivity index (χ1) is 9.82. The van der Waals surface area contributed by atoms with Crippen LogP contribution in [0.15, 0.2) is 18.2 Å². The summed E-state index contributed by atoms with van der Waals surface area (Å²) >= 11 is 5.81. The predicted octanol–water partition coefficient (Wildman–Crippen LogP) is 3.61. The lowest BCUT2D eigenvalue weighted by Gasteiger charge is -2.35. The van der Waals surface area contributed by atoms with Crippen molar-refractivity contribution in [2.75, 3.05) is 0 Å². The molecule has 110 valence electrons. The summed E-state index contributed by atoms with van der Waals surface area (Å²) in [4.78, 5) is 11.6. The van der Waals surface area contributed by atoms with Crippen LogP contribution >= 0.6 is 11.6 Å². The maximum absolute atomic E-state index is 13.6. The van der Waals surface area contributed by atoms with Gasteiger partial charge in [-0.1, -0.05) is 23.6 Å². The first-order valence-electron chi connectivity index (χ1n) is 6.42. The minimum absolute atomic E-state index is 0.0486. The Bertz CT molecular complexity index is 668. The van der Waals surface area contributed by atoms with Crippen LogP contribution in [-0.4, -0.2) is 12.1 Å². The topological polar surface area (TPSA) is 26.3 Å². The van der Waals surface area contributed by atoms with Gasteiger partial charge in [0.15, 0.2) is 0 Å². The lowest BCUT2D eigenvalue weighted by Crippen LogP contribution is -2.48. The first kappa shape index (κ1) is 14.3. The maximum atomic E-state index is 13.6. The Balaban J connectivity index is 2.22. The van der Waals surface area contributed by atoms with Crippen molar-refractivity contribution in [2.24, 2.45) is 5.92 Å². The van der Waals surface area contributed by atoms with Crippen molar-refractivity contribution in [2.45, 2.75) is 31.0 Å². The highest BCUT2D eigenvalue weighted by Crippen LogP contribution is 2.47. The van der Waals surface area contributed by atoms with E-state index in [1.54, 1.807) is 0 Å². The molecule has 1 fully saturated rings. The lowest BCUT2D eigenvalue weighted by molar-refractivity contribution is -0.256. The minimum atomic E-state index is -4.83. The largest absolute Gasteiger partial charge is 0.445 e. The Morgan fingerprint density at radius 1 is 1.33 bits per heavy atom. The van der Waals surface area contributed by atoms with E-state index in [4.69, 9.17) is 16.3 Å². The zero-order chi connectivity index (χ0) is 15.3. The van der Waals surface area contributed by atoms with Gasteiger partial charge in [-0.25, -0.2) is 0 Å². The molecule has 3 rings (SSSR count). The molecule has 0 amide bonds. The highest BCUT2D eigenvalue weighted by Gasteiger charge is 2.61. The molecule has 1 aliphatic heterocycles. The number of hydrogen-bond donors (Lipinski definition) is 0. The van der Waals surface area contributed by atoms with E-state index in [0.717, 1.165) is 12.8 Å². The normalized spacial score (nSPS) is 24.7. The molecule has 1 heterocycles. The van der Waals surface area contributed by atoms with Crippen LogP contribution in [0.3, 0.4) is 0 Å². The van der Waals surface area contributed by atoms with Crippen molar-refractivity contribution in [3.8, 4) is 11.8 Å². The standard InChI is InChI=1S/C15H10ClF3O2/c16-11-4-3-10-7-13(20)21-14(12(10)8-11,15(17,18)19)6-5-9-1-2-9/h3-4,8-9H,1-2,7H2. The molecule has 1 aromatic carbocycles. The zero-order valence-electron chi connectivity index (χ0n) is 10.8. The summed E-state index contributed by atoms with van der Waals surface area (Å²) in [6.07, 6.45) is -3.49. The SMILES string of the molecule is O=C1Cc2ccc(Cl)cc2C(C#CC2CC2)(C(F)(F)F)O1. The minimum Gasteiger partial charge on any atom is -0.431 e. The van der Waals surface area contributed by atoms with Gasteiger partial charge in [0.25, 0.3) is 5.60 Å². The molecule has 1 saturated carbocycles. The van der Waals surface area contributed by atoms with E-state index in [9.17, 15) is 18.0 Å². The van der Waals surface area contributed by atoms with Crippen molar-refractivity contribution in [3.63, 3.8) is 0 Å². The number of esters is 1. The molecular weight excluding hydrogens is 305 g/mol. The molecule has 21 heavy (non-hydrogen) atoms. The molecule has 2 nitrogen and oxygen atoms in total. The highest BCUT2D eigenvalue weighted by atomic mass is 35.5. The average Bonchev–Trinajstić information content (AvgIpc) is 3.19. The molecule has 1 atom stereocenters. The number of rotatable bonds is 0. The van der Waals surface area contributed by atoms with E-state index in [2.05, 4.69) is 11.8 Å². The second-order valence-electron chi connectivity index (χ2n) is 5.17. The zero-order valence-corrected chi connectivity index (χ0v) is 11.5. The van der Waals surface area contributed by atoms with Gasteiger partial charge >= 0.3 is 12.1 Å². The number of carbonyl (C=O) groups excluding carboxylic acids is 1. The van der Waals surface area contributed by atoms with Gasteiger partial charge in [-0.15, -0.1) is 0 Å². The van der Waals surface area contributed by atoms with Gasteiger partial charge in [-0.05, 0) is 36.5 Å². The first-order valence-corrected chi connectivity index (χ1v) is 6.80. The number of carbonyl (C=O) groups is 1. The van der Waals surface area contributed by atoms with Crippen molar-refractivity contribution in [3.05, 3.63) is 34.3 Å². The quantitative estimate of drug-likeness (QED) is 0.540. The molecule has 0 aromatic heterocycles. The van der Waals surface area contributed by atoms with Crippen LogP contribution in [0.5, 0.6) is 0 Å². The van der Waals surface area contributed by atoms with Crippen LogP contribution < -0.4 is 0 Å². The second-order valence-corrected chi connectivity index (χ2v) is 5.61. The molecule has 1 unspecified atom stereocenters. The number of ether oxygens (including phenoxy) is 1. The molecular formula is C15H10ClF3O2. The Morgan fingerprint density at radius 2 is 2.05 bits per heavy atom. The molecule has 0 bridgehead atoms. The molecule has 1 aromatic rings. The van der Waals surface area contributed by atoms with Crippen LogP contribution in [0.2, 0.25) is 5.02 Å². The number of cyclic esters (lactones) is 1. The van der Waals surface area contributed by atoms with E-state index in [0.29, 0.717) is 0 Å². The van der Waals surface area contributed by atoms with Gasteiger partial charge in [-0.2, -0.15) is 13.2 Å². The smallest absolute Gasteiger partial charge is 0.431 e. The lowest BCUT2D eigenvalue weighted by atomic mass is 9.85. The van der Waals surface area contributed by atoms with Gasteiger partial charge in [0.05, 0.1) is 6.42 Å². The van der Waals surface area contributed by atoms with Crippen molar-refractivity contribution >= 4 is 17.6 Å². The van der Waals surface area contributed by atoms with Crippen LogP contribution in [-0.2, 0) is 21.6 Å². The van der Waals surface area contributed by atoms with E-state index >= 15 is 0 Å². The molecule has 0 radical (unpaired) electrons. The average molecular weight is 315 g/mol. The number of alkyl halides is 3. The Hall–Kier alpha value is -1.67. The summed E-state index contributed by atoms with van der Waals surface area (Å²) in [5, 5.41) is 0.147. The fourth-order valence-corrected chi connectivity index (χ4v) is 2.43. The third-order valence-electron chi connectivity index (χ3n) is 3.48. The van der Waals surface area contributed by atoms with Crippen molar-refractivity contribution in [1.82, 2.24) is 0 Å². The van der Waals surface area contributed by atoms with Crippen LogP contribution in [0, 0.1) is 17.8 Å². The maximum Gasteiger partial charge on any atom is 0.445 e. The number of benzene rings is 1.